The van der Waals surface area contributed by atoms with Gasteiger partial charge in [-0.05, 0) is 36.2 Å². The average molecular weight is 329 g/mol. The lowest BCUT2D eigenvalue weighted by molar-refractivity contribution is 0.884. The van der Waals surface area contributed by atoms with Crippen LogP contribution in [0.1, 0.15) is 11.1 Å². The molecule has 0 aliphatic heterocycles. The van der Waals surface area contributed by atoms with Gasteiger partial charge in [0.1, 0.15) is 0 Å². The maximum absolute atomic E-state index is 4.49. The zero-order chi connectivity index (χ0) is 17.1. The molecular weight excluding hydrogens is 314 g/mol. The van der Waals surface area contributed by atoms with Crippen LogP contribution in [0.5, 0.6) is 0 Å². The van der Waals surface area contributed by atoms with Crippen LogP contribution in [0.15, 0.2) is 71.4 Å². The molecule has 1 aromatic carbocycles. The van der Waals surface area contributed by atoms with E-state index in [0.29, 0.717) is 18.1 Å². The molecule has 4 rings (SSSR count). The number of hydrogen-bond acceptors (Lipinski definition) is 6. The number of fused-ring (bicyclic) bond motifs is 1. The molecule has 0 spiro atoms. The van der Waals surface area contributed by atoms with E-state index in [1.807, 2.05) is 37.3 Å². The molecule has 0 aliphatic rings. The van der Waals surface area contributed by atoms with Gasteiger partial charge in [-0.1, -0.05) is 18.2 Å². The normalized spacial score (nSPS) is 11.4. The Hall–Kier alpha value is -3.48. The zero-order valence-electron chi connectivity index (χ0n) is 13.6. The van der Waals surface area contributed by atoms with Crippen LogP contribution in [0.4, 0.5) is 5.95 Å². The first-order valence-electron chi connectivity index (χ1n) is 7.84. The Morgan fingerprint density at radius 1 is 1.08 bits per heavy atom. The minimum atomic E-state index is 0.311. The molecule has 0 atom stereocenters. The Balaban J connectivity index is 1.64. The van der Waals surface area contributed by atoms with Gasteiger partial charge in [0.2, 0.25) is 0 Å². The first-order chi connectivity index (χ1) is 12.3. The summed E-state index contributed by atoms with van der Waals surface area (Å²) in [7, 11) is 0. The average Bonchev–Trinajstić information content (AvgIpc) is 3.06. The molecule has 0 saturated heterocycles. The van der Waals surface area contributed by atoms with Gasteiger partial charge in [-0.15, -0.1) is 5.11 Å². The number of aromatic nitrogens is 5. The first-order valence-corrected chi connectivity index (χ1v) is 7.84. The molecule has 25 heavy (non-hydrogen) atoms. The minimum absolute atomic E-state index is 0.311. The third-order valence-corrected chi connectivity index (χ3v) is 3.68. The standard InChI is InChI=1S/C18H15N7/c1-13-4-2-6-16(8-13)25-17-15(12-22-25)11-20-18(23-17)24-21-10-14-5-3-7-19-9-14/h2-9,11-12H,10H2,1H3. The predicted octanol–water partition coefficient (Wildman–Crippen LogP) is 3.80. The SMILES string of the molecule is Cc1cccc(-n2ncc3cnc(N=NCc4cccnc4)nc32)c1. The van der Waals surface area contributed by atoms with Crippen molar-refractivity contribution in [1.29, 1.82) is 0 Å². The molecule has 0 aliphatic carbocycles. The van der Waals surface area contributed by atoms with Gasteiger partial charge in [-0.2, -0.15) is 15.2 Å². The van der Waals surface area contributed by atoms with E-state index in [1.165, 1.54) is 0 Å². The van der Waals surface area contributed by atoms with Gasteiger partial charge in [0.05, 0.1) is 23.8 Å². The van der Waals surface area contributed by atoms with Crippen LogP contribution in [0.2, 0.25) is 0 Å². The number of nitrogens with zero attached hydrogens (tertiary/aromatic N) is 7. The molecule has 0 unspecified atom stereocenters. The van der Waals surface area contributed by atoms with Crippen molar-refractivity contribution in [3.8, 4) is 5.69 Å². The number of rotatable bonds is 4. The summed E-state index contributed by atoms with van der Waals surface area (Å²) in [4.78, 5) is 12.8. The highest BCUT2D eigenvalue weighted by atomic mass is 15.3. The third-order valence-electron chi connectivity index (χ3n) is 3.68. The van der Waals surface area contributed by atoms with E-state index in [2.05, 4.69) is 36.3 Å². The molecule has 3 aromatic heterocycles. The maximum atomic E-state index is 4.49. The van der Waals surface area contributed by atoms with Gasteiger partial charge in [0.25, 0.3) is 5.95 Å². The maximum Gasteiger partial charge on any atom is 0.270 e. The fourth-order valence-corrected chi connectivity index (χ4v) is 2.48. The number of hydrogen-bond donors (Lipinski definition) is 0. The summed E-state index contributed by atoms with van der Waals surface area (Å²) >= 11 is 0. The van der Waals surface area contributed by atoms with Gasteiger partial charge < -0.3 is 0 Å². The summed E-state index contributed by atoms with van der Waals surface area (Å²) in [6, 6.07) is 11.9. The Kier molecular flexibility index (Phi) is 3.96. The molecule has 0 radical (unpaired) electrons. The van der Waals surface area contributed by atoms with Gasteiger partial charge in [-0.25, -0.2) is 9.67 Å². The van der Waals surface area contributed by atoms with Gasteiger partial charge in [-0.3, -0.25) is 4.98 Å². The molecule has 0 saturated carbocycles. The number of azo groups is 1. The molecule has 0 N–H and O–H groups in total. The summed E-state index contributed by atoms with van der Waals surface area (Å²) < 4.78 is 1.78. The molecule has 4 aromatic rings. The molecular formula is C18H15N7. The van der Waals surface area contributed by atoms with E-state index < -0.39 is 0 Å². The zero-order valence-corrected chi connectivity index (χ0v) is 13.6. The highest BCUT2D eigenvalue weighted by molar-refractivity contribution is 5.76. The van der Waals surface area contributed by atoms with E-state index in [9.17, 15) is 0 Å². The van der Waals surface area contributed by atoms with Crippen molar-refractivity contribution in [3.05, 3.63) is 72.3 Å². The Labute approximate surface area is 144 Å². The van der Waals surface area contributed by atoms with Crippen molar-refractivity contribution in [3.63, 3.8) is 0 Å². The fraction of sp³-hybridized carbons (Fsp3) is 0.111. The predicted molar refractivity (Wildman–Crippen MR) is 93.9 cm³/mol. The summed E-state index contributed by atoms with van der Waals surface area (Å²) in [5.74, 6) is 0.311. The number of benzene rings is 1. The van der Waals surface area contributed by atoms with E-state index in [-0.39, 0.29) is 0 Å². The van der Waals surface area contributed by atoms with Gasteiger partial charge >= 0.3 is 0 Å². The van der Waals surface area contributed by atoms with Gasteiger partial charge in [0.15, 0.2) is 5.65 Å². The van der Waals surface area contributed by atoms with Crippen molar-refractivity contribution in [2.24, 2.45) is 10.2 Å². The van der Waals surface area contributed by atoms with Crippen molar-refractivity contribution in [1.82, 2.24) is 24.7 Å². The van der Waals surface area contributed by atoms with Crippen LogP contribution in [0.3, 0.4) is 0 Å². The summed E-state index contributed by atoms with van der Waals surface area (Å²) in [6.07, 6.45) is 6.94. The summed E-state index contributed by atoms with van der Waals surface area (Å²) in [6.45, 7) is 2.48. The largest absolute Gasteiger partial charge is 0.270 e. The molecule has 0 bridgehead atoms. The minimum Gasteiger partial charge on any atom is -0.264 e. The fourth-order valence-electron chi connectivity index (χ4n) is 2.48. The van der Waals surface area contributed by atoms with Crippen LogP contribution in [-0.4, -0.2) is 24.7 Å². The Bertz CT molecular complexity index is 1040. The van der Waals surface area contributed by atoms with E-state index in [0.717, 1.165) is 22.2 Å². The third kappa shape index (κ3) is 3.25. The Morgan fingerprint density at radius 2 is 2.04 bits per heavy atom. The van der Waals surface area contributed by atoms with Crippen LogP contribution < -0.4 is 0 Å². The lowest BCUT2D eigenvalue weighted by Crippen LogP contribution is -1.98. The highest BCUT2D eigenvalue weighted by Gasteiger charge is 2.08. The lowest BCUT2D eigenvalue weighted by atomic mass is 10.2. The van der Waals surface area contributed by atoms with Gasteiger partial charge in [0, 0.05) is 18.6 Å². The monoisotopic (exact) mass is 329 g/mol. The second-order valence-corrected chi connectivity index (χ2v) is 5.61. The van der Waals surface area contributed by atoms with Crippen molar-refractivity contribution >= 4 is 17.0 Å². The van der Waals surface area contributed by atoms with Crippen LogP contribution in [0.25, 0.3) is 16.7 Å². The second-order valence-electron chi connectivity index (χ2n) is 5.61. The highest BCUT2D eigenvalue weighted by Crippen LogP contribution is 2.19. The van der Waals surface area contributed by atoms with Crippen LogP contribution in [-0.2, 0) is 6.54 Å². The summed E-state index contributed by atoms with van der Waals surface area (Å²) in [5, 5.41) is 13.5. The van der Waals surface area contributed by atoms with Crippen molar-refractivity contribution < 1.29 is 0 Å². The first kappa shape index (κ1) is 15.1. The lowest BCUT2D eigenvalue weighted by Gasteiger charge is -2.03. The molecule has 0 fully saturated rings. The number of aryl methyl sites for hydroxylation is 1. The summed E-state index contributed by atoms with van der Waals surface area (Å²) in [5.41, 5.74) is 3.80. The smallest absolute Gasteiger partial charge is 0.264 e. The van der Waals surface area contributed by atoms with Crippen LogP contribution >= 0.6 is 0 Å². The Morgan fingerprint density at radius 3 is 2.88 bits per heavy atom. The molecule has 7 heteroatoms. The molecule has 3 heterocycles. The molecule has 122 valence electrons. The van der Waals surface area contributed by atoms with E-state index in [1.54, 1.807) is 29.5 Å². The molecule has 0 amide bonds. The molecule has 7 nitrogen and oxygen atoms in total. The van der Waals surface area contributed by atoms with E-state index >= 15 is 0 Å². The topological polar surface area (TPSA) is 81.2 Å². The van der Waals surface area contributed by atoms with Crippen molar-refractivity contribution in [2.45, 2.75) is 13.5 Å². The number of pyridine rings is 1. The van der Waals surface area contributed by atoms with E-state index in [4.69, 9.17) is 0 Å². The van der Waals surface area contributed by atoms with Crippen molar-refractivity contribution in [2.75, 3.05) is 0 Å². The van der Waals surface area contributed by atoms with Crippen LogP contribution in [0, 0.1) is 6.92 Å². The second kappa shape index (κ2) is 6.56. The quantitative estimate of drug-likeness (QED) is 0.533.